The molecule has 1 aromatic rings. The highest BCUT2D eigenvalue weighted by molar-refractivity contribution is 9.09. The molecule has 0 atom stereocenters. The molecule has 1 saturated heterocycles. The molecule has 0 N–H and O–H groups in total. The fraction of sp³-hybridized carbons (Fsp3) is 0.600. The van der Waals surface area contributed by atoms with Crippen LogP contribution in [0.25, 0.3) is 0 Å². The minimum absolute atomic E-state index is 0.455. The summed E-state index contributed by atoms with van der Waals surface area (Å²) in [5, 5.41) is 0.927. The minimum atomic E-state index is -3.38. The zero-order valence-electron chi connectivity index (χ0n) is 12.7. The first-order valence-corrected chi connectivity index (χ1v) is 9.87. The third-order valence-electron chi connectivity index (χ3n) is 3.91. The molecule has 118 valence electrons. The Morgan fingerprint density at radius 1 is 1.14 bits per heavy atom. The zero-order chi connectivity index (χ0) is 15.5. The highest BCUT2D eigenvalue weighted by Crippen LogP contribution is 2.22. The van der Waals surface area contributed by atoms with Crippen molar-refractivity contribution < 1.29 is 8.42 Å². The van der Waals surface area contributed by atoms with Gasteiger partial charge in [0.15, 0.2) is 0 Å². The van der Waals surface area contributed by atoms with Crippen molar-refractivity contribution in [3.8, 4) is 0 Å². The van der Waals surface area contributed by atoms with E-state index in [2.05, 4.69) is 20.8 Å². The van der Waals surface area contributed by atoms with Crippen molar-refractivity contribution in [3.05, 3.63) is 29.3 Å². The first-order chi connectivity index (χ1) is 9.95. The van der Waals surface area contributed by atoms with E-state index in [0.717, 1.165) is 42.5 Å². The molecule has 0 amide bonds. The van der Waals surface area contributed by atoms with E-state index in [1.165, 1.54) is 0 Å². The van der Waals surface area contributed by atoms with Crippen LogP contribution in [0.3, 0.4) is 0 Å². The third-order valence-corrected chi connectivity index (χ3v) is 6.30. The van der Waals surface area contributed by atoms with E-state index in [0.29, 0.717) is 18.0 Å². The van der Waals surface area contributed by atoms with E-state index in [9.17, 15) is 8.42 Å². The van der Waals surface area contributed by atoms with E-state index in [1.807, 2.05) is 26.0 Å². The van der Waals surface area contributed by atoms with Gasteiger partial charge in [-0.1, -0.05) is 28.1 Å². The van der Waals surface area contributed by atoms with Crippen LogP contribution >= 0.6 is 15.9 Å². The molecule has 1 fully saturated rings. The molecule has 4 nitrogen and oxygen atoms in total. The van der Waals surface area contributed by atoms with Crippen LogP contribution in [0.2, 0.25) is 0 Å². The summed E-state index contributed by atoms with van der Waals surface area (Å²) >= 11 is 3.45. The Kier molecular flexibility index (Phi) is 5.82. The molecule has 1 heterocycles. The number of alkyl halides is 1. The van der Waals surface area contributed by atoms with Gasteiger partial charge in [0.2, 0.25) is 10.0 Å². The summed E-state index contributed by atoms with van der Waals surface area (Å²) in [5.41, 5.74) is 1.80. The standard InChI is InChI=1S/C15H23BrN2O2S/c1-13-4-5-14(2)15(12-13)21(19,20)18-8-3-7-17(9-6-16)10-11-18/h4-5,12H,3,6-11H2,1-2H3. The normalized spacial score (nSPS) is 18.6. The Hall–Kier alpha value is -0.430. The fourth-order valence-electron chi connectivity index (χ4n) is 2.66. The van der Waals surface area contributed by atoms with Crippen LogP contribution in [0.1, 0.15) is 17.5 Å². The van der Waals surface area contributed by atoms with Crippen LogP contribution in [0.5, 0.6) is 0 Å². The maximum atomic E-state index is 12.9. The lowest BCUT2D eigenvalue weighted by Crippen LogP contribution is -2.36. The summed E-state index contributed by atoms with van der Waals surface area (Å²) in [6, 6.07) is 5.62. The molecule has 0 bridgehead atoms. The van der Waals surface area contributed by atoms with Gasteiger partial charge in [0, 0.05) is 31.5 Å². The molecular weight excluding hydrogens is 352 g/mol. The predicted octanol–water partition coefficient (Wildman–Crippen LogP) is 2.39. The lowest BCUT2D eigenvalue weighted by Gasteiger charge is -2.22. The molecule has 1 aromatic carbocycles. The second-order valence-corrected chi connectivity index (χ2v) is 8.26. The highest BCUT2D eigenvalue weighted by Gasteiger charge is 2.27. The van der Waals surface area contributed by atoms with Gasteiger partial charge in [-0.25, -0.2) is 8.42 Å². The summed E-state index contributed by atoms with van der Waals surface area (Å²) in [5.74, 6) is 0. The number of sulfonamides is 1. The van der Waals surface area contributed by atoms with E-state index in [1.54, 1.807) is 10.4 Å². The number of rotatable bonds is 4. The molecule has 2 rings (SSSR count). The monoisotopic (exact) mass is 374 g/mol. The Bertz CT molecular complexity index is 589. The smallest absolute Gasteiger partial charge is 0.243 e. The number of hydrogen-bond acceptors (Lipinski definition) is 3. The number of aryl methyl sites for hydroxylation is 2. The van der Waals surface area contributed by atoms with Crippen LogP contribution in [0, 0.1) is 13.8 Å². The Labute approximate surface area is 136 Å². The van der Waals surface area contributed by atoms with Gasteiger partial charge in [-0.3, -0.25) is 0 Å². The van der Waals surface area contributed by atoms with E-state index < -0.39 is 10.0 Å². The molecule has 0 unspecified atom stereocenters. The average molecular weight is 375 g/mol. The van der Waals surface area contributed by atoms with Gasteiger partial charge in [0.1, 0.15) is 0 Å². The number of benzene rings is 1. The molecule has 0 saturated carbocycles. The first-order valence-electron chi connectivity index (χ1n) is 7.31. The van der Waals surface area contributed by atoms with Crippen LogP contribution < -0.4 is 0 Å². The first kappa shape index (κ1) is 16.9. The molecule has 0 spiro atoms. The topological polar surface area (TPSA) is 40.6 Å². The fourth-order valence-corrected chi connectivity index (χ4v) is 4.94. The molecular formula is C15H23BrN2O2S. The summed E-state index contributed by atoms with van der Waals surface area (Å²) in [6.45, 7) is 7.70. The highest BCUT2D eigenvalue weighted by atomic mass is 79.9. The maximum absolute atomic E-state index is 12.9. The van der Waals surface area contributed by atoms with Crippen LogP contribution in [0.4, 0.5) is 0 Å². The van der Waals surface area contributed by atoms with E-state index in [4.69, 9.17) is 0 Å². The zero-order valence-corrected chi connectivity index (χ0v) is 15.1. The Balaban J connectivity index is 2.21. The average Bonchev–Trinajstić information content (AvgIpc) is 2.68. The van der Waals surface area contributed by atoms with Crippen molar-refractivity contribution in [3.63, 3.8) is 0 Å². The van der Waals surface area contributed by atoms with E-state index >= 15 is 0 Å². The van der Waals surface area contributed by atoms with Crippen LogP contribution in [-0.4, -0.2) is 55.7 Å². The minimum Gasteiger partial charge on any atom is -0.301 e. The van der Waals surface area contributed by atoms with Gasteiger partial charge < -0.3 is 4.90 Å². The third kappa shape index (κ3) is 4.06. The molecule has 0 aliphatic carbocycles. The van der Waals surface area contributed by atoms with Gasteiger partial charge in [0.05, 0.1) is 4.90 Å². The van der Waals surface area contributed by atoms with Gasteiger partial charge >= 0.3 is 0 Å². The lowest BCUT2D eigenvalue weighted by atomic mass is 10.2. The van der Waals surface area contributed by atoms with Gasteiger partial charge in [-0.05, 0) is 44.0 Å². The quantitative estimate of drug-likeness (QED) is 0.759. The van der Waals surface area contributed by atoms with Crippen molar-refractivity contribution in [2.75, 3.05) is 38.1 Å². The van der Waals surface area contributed by atoms with Gasteiger partial charge in [0.25, 0.3) is 0 Å². The maximum Gasteiger partial charge on any atom is 0.243 e. The second-order valence-electron chi connectivity index (χ2n) is 5.56. The molecule has 0 aromatic heterocycles. The predicted molar refractivity (Wildman–Crippen MR) is 89.5 cm³/mol. The summed E-state index contributed by atoms with van der Waals surface area (Å²) in [6.07, 6.45) is 0.886. The SMILES string of the molecule is Cc1ccc(C)c(S(=O)(=O)N2CCCN(CCBr)CC2)c1. The van der Waals surface area contributed by atoms with Crippen molar-refractivity contribution in [1.29, 1.82) is 0 Å². The Morgan fingerprint density at radius 2 is 1.90 bits per heavy atom. The lowest BCUT2D eigenvalue weighted by molar-refractivity contribution is 0.305. The van der Waals surface area contributed by atoms with Gasteiger partial charge in [-0.2, -0.15) is 4.31 Å². The second kappa shape index (κ2) is 7.22. The molecule has 1 aliphatic heterocycles. The molecule has 6 heteroatoms. The van der Waals surface area contributed by atoms with E-state index in [-0.39, 0.29) is 0 Å². The van der Waals surface area contributed by atoms with Crippen molar-refractivity contribution in [2.45, 2.75) is 25.2 Å². The number of hydrogen-bond donors (Lipinski definition) is 0. The molecule has 21 heavy (non-hydrogen) atoms. The summed E-state index contributed by atoms with van der Waals surface area (Å²) < 4.78 is 27.4. The largest absolute Gasteiger partial charge is 0.301 e. The molecule has 1 aliphatic rings. The Morgan fingerprint density at radius 3 is 2.62 bits per heavy atom. The summed E-state index contributed by atoms with van der Waals surface area (Å²) in [4.78, 5) is 2.77. The number of halogens is 1. The van der Waals surface area contributed by atoms with Gasteiger partial charge in [-0.15, -0.1) is 0 Å². The van der Waals surface area contributed by atoms with Crippen molar-refractivity contribution in [2.24, 2.45) is 0 Å². The van der Waals surface area contributed by atoms with Crippen LogP contribution in [0.15, 0.2) is 23.1 Å². The summed E-state index contributed by atoms with van der Waals surface area (Å²) in [7, 11) is -3.38. The molecule has 0 radical (unpaired) electrons. The van der Waals surface area contributed by atoms with Crippen molar-refractivity contribution >= 4 is 26.0 Å². The van der Waals surface area contributed by atoms with Crippen molar-refractivity contribution in [1.82, 2.24) is 9.21 Å². The van der Waals surface area contributed by atoms with Crippen LogP contribution in [-0.2, 0) is 10.0 Å². The number of nitrogens with zero attached hydrogens (tertiary/aromatic N) is 2.